The summed E-state index contributed by atoms with van der Waals surface area (Å²) in [6.07, 6.45) is 1.58. The zero-order valence-corrected chi connectivity index (χ0v) is 16.9. The van der Waals surface area contributed by atoms with Gasteiger partial charge in [-0.15, -0.1) is 0 Å². The molecule has 0 aliphatic rings. The molecule has 0 spiro atoms. The summed E-state index contributed by atoms with van der Waals surface area (Å²) in [4.78, 5) is 15.8. The van der Waals surface area contributed by atoms with Gasteiger partial charge in [0.15, 0.2) is 0 Å². The number of carbonyl (C=O) groups is 1. The van der Waals surface area contributed by atoms with Crippen molar-refractivity contribution in [2.45, 2.75) is 4.90 Å². The summed E-state index contributed by atoms with van der Waals surface area (Å²) >= 11 is 0. The van der Waals surface area contributed by atoms with Crippen LogP contribution in [0.2, 0.25) is 0 Å². The number of nitriles is 1. The van der Waals surface area contributed by atoms with E-state index in [1.807, 2.05) is 6.07 Å². The standard InChI is InChI=1S/C21H17N3O5S/c1-28-19-9-7-15(21(25)29-2)12-20(19)30(26,27)24-18-11-14(13-22)6-8-16(18)17-5-3-4-10-23-17/h3-12,24H,1-2H3. The van der Waals surface area contributed by atoms with Crippen molar-refractivity contribution in [2.24, 2.45) is 0 Å². The highest BCUT2D eigenvalue weighted by atomic mass is 32.2. The van der Waals surface area contributed by atoms with Gasteiger partial charge in [0.2, 0.25) is 0 Å². The fraction of sp³-hybridized carbons (Fsp3) is 0.0952. The molecule has 1 heterocycles. The Morgan fingerprint density at radius 3 is 2.53 bits per heavy atom. The summed E-state index contributed by atoms with van der Waals surface area (Å²) in [6.45, 7) is 0. The summed E-state index contributed by atoms with van der Waals surface area (Å²) in [5, 5.41) is 9.23. The summed E-state index contributed by atoms with van der Waals surface area (Å²) in [5.41, 5.74) is 1.49. The zero-order chi connectivity index (χ0) is 21.7. The number of carbonyl (C=O) groups excluding carboxylic acids is 1. The van der Waals surface area contributed by atoms with E-state index in [2.05, 4.69) is 14.4 Å². The van der Waals surface area contributed by atoms with Crippen LogP contribution in [0.15, 0.2) is 65.7 Å². The quantitative estimate of drug-likeness (QED) is 0.605. The minimum Gasteiger partial charge on any atom is -0.495 e. The van der Waals surface area contributed by atoms with Gasteiger partial charge in [-0.3, -0.25) is 9.71 Å². The van der Waals surface area contributed by atoms with Gasteiger partial charge in [-0.05, 0) is 48.5 Å². The molecular formula is C21H17N3O5S. The van der Waals surface area contributed by atoms with Crippen molar-refractivity contribution in [1.29, 1.82) is 5.26 Å². The molecule has 1 N–H and O–H groups in total. The van der Waals surface area contributed by atoms with Crippen molar-refractivity contribution in [3.8, 4) is 23.1 Å². The number of aromatic nitrogens is 1. The van der Waals surface area contributed by atoms with Gasteiger partial charge in [0.25, 0.3) is 10.0 Å². The summed E-state index contributed by atoms with van der Waals surface area (Å²) in [5.74, 6) is -0.638. The number of hydrogen-bond donors (Lipinski definition) is 1. The third kappa shape index (κ3) is 4.24. The summed E-state index contributed by atoms with van der Waals surface area (Å²) in [7, 11) is -1.67. The van der Waals surface area contributed by atoms with Crippen LogP contribution in [0, 0.1) is 11.3 Å². The molecule has 3 aromatic rings. The molecule has 1 aromatic heterocycles. The number of anilines is 1. The number of nitrogens with one attached hydrogen (secondary N) is 1. The van der Waals surface area contributed by atoms with Crippen LogP contribution in [-0.4, -0.2) is 33.6 Å². The van der Waals surface area contributed by atoms with Crippen molar-refractivity contribution < 1.29 is 22.7 Å². The lowest BCUT2D eigenvalue weighted by atomic mass is 10.1. The van der Waals surface area contributed by atoms with Crippen molar-refractivity contribution in [3.05, 3.63) is 71.9 Å². The molecule has 0 saturated heterocycles. The molecule has 0 aliphatic carbocycles. The van der Waals surface area contributed by atoms with Crippen LogP contribution in [0.3, 0.4) is 0 Å². The van der Waals surface area contributed by atoms with Crippen LogP contribution in [-0.2, 0) is 14.8 Å². The first-order valence-corrected chi connectivity index (χ1v) is 10.1. The maximum absolute atomic E-state index is 13.2. The molecule has 2 aromatic carbocycles. The maximum atomic E-state index is 13.2. The molecule has 152 valence electrons. The fourth-order valence-corrected chi connectivity index (χ4v) is 4.04. The average molecular weight is 423 g/mol. The van der Waals surface area contributed by atoms with Crippen molar-refractivity contribution in [1.82, 2.24) is 4.98 Å². The normalized spacial score (nSPS) is 10.7. The highest BCUT2D eigenvalue weighted by Gasteiger charge is 2.24. The second-order valence-electron chi connectivity index (χ2n) is 6.05. The number of pyridine rings is 1. The third-order valence-electron chi connectivity index (χ3n) is 4.21. The maximum Gasteiger partial charge on any atom is 0.337 e. The van der Waals surface area contributed by atoms with E-state index in [1.165, 1.54) is 38.5 Å². The molecular weight excluding hydrogens is 406 g/mol. The summed E-state index contributed by atoms with van der Waals surface area (Å²) in [6, 6.07) is 15.7. The van der Waals surface area contributed by atoms with Crippen LogP contribution in [0.25, 0.3) is 11.3 Å². The van der Waals surface area contributed by atoms with E-state index in [1.54, 1.807) is 36.5 Å². The Bertz CT molecular complexity index is 1240. The number of ether oxygens (including phenoxy) is 2. The minimum atomic E-state index is -4.20. The number of esters is 1. The van der Waals surface area contributed by atoms with Gasteiger partial charge in [0, 0.05) is 11.8 Å². The lowest BCUT2D eigenvalue weighted by Crippen LogP contribution is -2.16. The molecule has 0 atom stereocenters. The van der Waals surface area contributed by atoms with E-state index in [4.69, 9.17) is 4.74 Å². The number of benzene rings is 2. The number of rotatable bonds is 6. The van der Waals surface area contributed by atoms with Gasteiger partial charge in [0.1, 0.15) is 10.6 Å². The molecule has 9 heteroatoms. The van der Waals surface area contributed by atoms with Crippen LogP contribution in [0.1, 0.15) is 15.9 Å². The molecule has 0 radical (unpaired) electrons. The number of hydrogen-bond acceptors (Lipinski definition) is 7. The summed E-state index contributed by atoms with van der Waals surface area (Å²) < 4.78 is 38.7. The zero-order valence-electron chi connectivity index (χ0n) is 16.1. The highest BCUT2D eigenvalue weighted by molar-refractivity contribution is 7.92. The number of methoxy groups -OCH3 is 2. The lowest BCUT2D eigenvalue weighted by Gasteiger charge is -2.15. The molecule has 0 saturated carbocycles. The topological polar surface area (TPSA) is 118 Å². The Balaban J connectivity index is 2.12. The minimum absolute atomic E-state index is 0.0472. The Morgan fingerprint density at radius 2 is 1.90 bits per heavy atom. The molecule has 8 nitrogen and oxygen atoms in total. The molecule has 3 rings (SSSR count). The monoisotopic (exact) mass is 423 g/mol. The van der Waals surface area contributed by atoms with E-state index in [-0.39, 0.29) is 27.5 Å². The van der Waals surface area contributed by atoms with Gasteiger partial charge in [-0.25, -0.2) is 13.2 Å². The van der Waals surface area contributed by atoms with Gasteiger partial charge in [0.05, 0.1) is 42.8 Å². The Labute approximate surface area is 173 Å². The first-order chi connectivity index (χ1) is 14.4. The number of nitrogens with zero attached hydrogens (tertiary/aromatic N) is 2. The van der Waals surface area contributed by atoms with E-state index in [0.717, 1.165) is 0 Å². The van der Waals surface area contributed by atoms with Gasteiger partial charge >= 0.3 is 5.97 Å². The Morgan fingerprint density at radius 1 is 1.10 bits per heavy atom. The second-order valence-corrected chi connectivity index (χ2v) is 7.70. The fourth-order valence-electron chi connectivity index (χ4n) is 2.77. The van der Waals surface area contributed by atoms with Crippen molar-refractivity contribution in [2.75, 3.05) is 18.9 Å². The van der Waals surface area contributed by atoms with Gasteiger partial charge < -0.3 is 9.47 Å². The first-order valence-electron chi connectivity index (χ1n) is 8.64. The second kappa shape index (κ2) is 8.63. The highest BCUT2D eigenvalue weighted by Crippen LogP contribution is 2.32. The van der Waals surface area contributed by atoms with Crippen LogP contribution < -0.4 is 9.46 Å². The van der Waals surface area contributed by atoms with Crippen molar-refractivity contribution >= 4 is 21.7 Å². The van der Waals surface area contributed by atoms with Crippen molar-refractivity contribution in [3.63, 3.8) is 0 Å². The van der Waals surface area contributed by atoms with E-state index >= 15 is 0 Å². The molecule has 0 amide bonds. The predicted octanol–water partition coefficient (Wildman–Crippen LogP) is 3.22. The Kier molecular flexibility index (Phi) is 5.99. The SMILES string of the molecule is COC(=O)c1ccc(OC)c(S(=O)(=O)Nc2cc(C#N)ccc2-c2ccccn2)c1. The van der Waals surface area contributed by atoms with E-state index < -0.39 is 16.0 Å². The predicted molar refractivity (Wildman–Crippen MR) is 110 cm³/mol. The first kappa shape index (κ1) is 20.8. The molecule has 0 bridgehead atoms. The average Bonchev–Trinajstić information content (AvgIpc) is 2.78. The van der Waals surface area contributed by atoms with Crippen LogP contribution in [0.4, 0.5) is 5.69 Å². The molecule has 30 heavy (non-hydrogen) atoms. The van der Waals surface area contributed by atoms with Gasteiger partial charge in [-0.1, -0.05) is 6.07 Å². The lowest BCUT2D eigenvalue weighted by molar-refractivity contribution is 0.0600. The molecule has 0 fully saturated rings. The Hall–Kier alpha value is -3.90. The van der Waals surface area contributed by atoms with Crippen LogP contribution in [0.5, 0.6) is 5.75 Å². The van der Waals surface area contributed by atoms with Crippen LogP contribution >= 0.6 is 0 Å². The smallest absolute Gasteiger partial charge is 0.337 e. The third-order valence-corrected chi connectivity index (χ3v) is 5.59. The largest absolute Gasteiger partial charge is 0.495 e. The molecule has 0 unspecified atom stereocenters. The van der Waals surface area contributed by atoms with E-state index in [9.17, 15) is 18.5 Å². The molecule has 0 aliphatic heterocycles. The number of sulfonamides is 1. The van der Waals surface area contributed by atoms with E-state index in [0.29, 0.717) is 11.3 Å². The van der Waals surface area contributed by atoms with Gasteiger partial charge in [-0.2, -0.15) is 5.26 Å².